The number of hydrogen-bond acceptors (Lipinski definition) is 6. The number of carbonyl (C=O) groups excluding carboxylic acids is 1. The molecule has 116 valence electrons. The van der Waals surface area contributed by atoms with Gasteiger partial charge in [-0.15, -0.1) is 16.8 Å². The number of para-hydroxylation sites is 1. The fourth-order valence-electron chi connectivity index (χ4n) is 1.81. The quantitative estimate of drug-likeness (QED) is 0.599. The summed E-state index contributed by atoms with van der Waals surface area (Å²) in [6, 6.07) is 5.95. The molecule has 7 heteroatoms. The van der Waals surface area contributed by atoms with Crippen molar-refractivity contribution in [1.82, 2.24) is 10.2 Å². The zero-order valence-corrected chi connectivity index (χ0v) is 14.2. The van der Waals surface area contributed by atoms with Gasteiger partial charge in [-0.05, 0) is 25.0 Å². The average Bonchev–Trinajstić information content (AvgIpc) is 2.95. The highest BCUT2D eigenvalue weighted by atomic mass is 32.2. The molecule has 0 atom stereocenters. The van der Waals surface area contributed by atoms with Crippen molar-refractivity contribution in [1.29, 1.82) is 0 Å². The van der Waals surface area contributed by atoms with Gasteiger partial charge in [0, 0.05) is 12.2 Å². The Morgan fingerprint density at radius 2 is 2.09 bits per heavy atom. The Labute approximate surface area is 138 Å². The number of hydrogen-bond donors (Lipinski definition) is 2. The molecule has 1 heterocycles. The van der Waals surface area contributed by atoms with Crippen molar-refractivity contribution in [2.45, 2.75) is 18.2 Å². The molecule has 0 saturated heterocycles. The minimum absolute atomic E-state index is 0.0433. The van der Waals surface area contributed by atoms with Gasteiger partial charge >= 0.3 is 0 Å². The van der Waals surface area contributed by atoms with Crippen molar-refractivity contribution >= 4 is 39.8 Å². The molecule has 0 unspecified atom stereocenters. The van der Waals surface area contributed by atoms with E-state index < -0.39 is 0 Å². The molecular weight excluding hydrogens is 316 g/mol. The Morgan fingerprint density at radius 3 is 2.77 bits per heavy atom. The summed E-state index contributed by atoms with van der Waals surface area (Å²) in [5.41, 5.74) is 3.01. The third kappa shape index (κ3) is 4.57. The lowest BCUT2D eigenvalue weighted by Gasteiger charge is -2.10. The molecule has 0 radical (unpaired) electrons. The maximum Gasteiger partial charge on any atom is 0.234 e. The highest BCUT2D eigenvalue weighted by molar-refractivity contribution is 8.01. The van der Waals surface area contributed by atoms with E-state index in [1.165, 1.54) is 23.1 Å². The first-order valence-electron chi connectivity index (χ1n) is 6.77. The maximum absolute atomic E-state index is 12.1. The first-order valence-corrected chi connectivity index (χ1v) is 8.57. The number of rotatable bonds is 7. The lowest BCUT2D eigenvalue weighted by molar-refractivity contribution is -0.113. The zero-order valence-electron chi connectivity index (χ0n) is 12.5. The van der Waals surface area contributed by atoms with E-state index in [1.807, 2.05) is 32.0 Å². The number of thioether (sulfide) groups is 1. The normalized spacial score (nSPS) is 10.3. The number of benzene rings is 1. The largest absolute Gasteiger partial charge is 0.357 e. The Bertz CT molecular complexity index is 649. The molecule has 0 spiro atoms. The molecule has 1 aromatic heterocycles. The summed E-state index contributed by atoms with van der Waals surface area (Å²) in [6.45, 7) is 8.25. The second-order valence-electron chi connectivity index (χ2n) is 4.65. The molecule has 22 heavy (non-hydrogen) atoms. The number of aryl methyl sites for hydroxylation is 2. The fraction of sp³-hybridized carbons (Fsp3) is 0.267. The van der Waals surface area contributed by atoms with E-state index in [-0.39, 0.29) is 5.91 Å². The highest BCUT2D eigenvalue weighted by Gasteiger charge is 2.10. The van der Waals surface area contributed by atoms with Crippen molar-refractivity contribution in [3.8, 4) is 0 Å². The van der Waals surface area contributed by atoms with Crippen LogP contribution in [0.1, 0.15) is 11.1 Å². The van der Waals surface area contributed by atoms with Crippen LogP contribution in [0.4, 0.5) is 10.8 Å². The molecule has 2 rings (SSSR count). The topological polar surface area (TPSA) is 66.9 Å². The average molecular weight is 334 g/mol. The van der Waals surface area contributed by atoms with Crippen LogP contribution in [0.25, 0.3) is 0 Å². The van der Waals surface area contributed by atoms with Crippen molar-refractivity contribution in [3.05, 3.63) is 42.0 Å². The molecule has 0 aliphatic heterocycles. The van der Waals surface area contributed by atoms with Gasteiger partial charge in [0.1, 0.15) is 0 Å². The van der Waals surface area contributed by atoms with Crippen LogP contribution in [0, 0.1) is 13.8 Å². The van der Waals surface area contributed by atoms with Crippen molar-refractivity contribution in [3.63, 3.8) is 0 Å². The summed E-state index contributed by atoms with van der Waals surface area (Å²) < 4.78 is 0.767. The summed E-state index contributed by atoms with van der Waals surface area (Å²) in [4.78, 5) is 12.1. The number of nitrogens with zero attached hydrogens (tertiary/aromatic N) is 2. The number of aromatic nitrogens is 2. The second-order valence-corrected chi connectivity index (χ2v) is 6.85. The predicted molar refractivity (Wildman–Crippen MR) is 93.9 cm³/mol. The van der Waals surface area contributed by atoms with Crippen LogP contribution in [-0.2, 0) is 4.79 Å². The van der Waals surface area contributed by atoms with E-state index in [4.69, 9.17) is 0 Å². The molecule has 2 aromatic rings. The number of carbonyl (C=O) groups is 1. The van der Waals surface area contributed by atoms with Crippen molar-refractivity contribution < 1.29 is 4.79 Å². The van der Waals surface area contributed by atoms with Crippen LogP contribution in [0.5, 0.6) is 0 Å². The van der Waals surface area contributed by atoms with Crippen LogP contribution in [-0.4, -0.2) is 28.4 Å². The molecule has 0 saturated carbocycles. The standard InChI is InChI=1S/C15H18N4OS2/c1-4-8-16-14-18-19-15(22-14)21-9-12(20)17-13-10(2)6-5-7-11(13)3/h4-7H,1,8-9H2,2-3H3,(H,16,18)(H,17,20). The first-order chi connectivity index (χ1) is 10.6. The van der Waals surface area contributed by atoms with E-state index in [2.05, 4.69) is 27.4 Å². The lowest BCUT2D eigenvalue weighted by atomic mass is 10.1. The Balaban J connectivity index is 1.87. The van der Waals surface area contributed by atoms with Crippen LogP contribution in [0.3, 0.4) is 0 Å². The smallest absolute Gasteiger partial charge is 0.234 e. The zero-order chi connectivity index (χ0) is 15.9. The third-order valence-corrected chi connectivity index (χ3v) is 4.89. The molecule has 5 nitrogen and oxygen atoms in total. The molecular formula is C15H18N4OS2. The molecule has 0 bridgehead atoms. The van der Waals surface area contributed by atoms with Gasteiger partial charge in [-0.2, -0.15) is 0 Å². The number of nitrogens with one attached hydrogen (secondary N) is 2. The van der Waals surface area contributed by atoms with Crippen LogP contribution >= 0.6 is 23.1 Å². The van der Waals surface area contributed by atoms with Crippen molar-refractivity contribution in [2.75, 3.05) is 22.9 Å². The molecule has 2 N–H and O–H groups in total. The molecule has 1 amide bonds. The summed E-state index contributed by atoms with van der Waals surface area (Å²) in [7, 11) is 0. The van der Waals surface area contributed by atoms with Gasteiger partial charge in [0.05, 0.1) is 5.75 Å². The second kappa shape index (κ2) is 7.95. The Kier molecular flexibility index (Phi) is 5.97. The predicted octanol–water partition coefficient (Wildman–Crippen LogP) is 3.48. The van der Waals surface area contributed by atoms with Gasteiger partial charge in [-0.25, -0.2) is 0 Å². The highest BCUT2D eigenvalue weighted by Crippen LogP contribution is 2.26. The van der Waals surface area contributed by atoms with Gasteiger partial charge in [0.25, 0.3) is 0 Å². The van der Waals surface area contributed by atoms with Crippen LogP contribution in [0.15, 0.2) is 35.2 Å². The summed E-state index contributed by atoms with van der Waals surface area (Å²) in [5, 5.41) is 14.8. The van der Waals surface area contributed by atoms with Crippen molar-refractivity contribution in [2.24, 2.45) is 0 Å². The number of anilines is 2. The fourth-order valence-corrected chi connectivity index (χ4v) is 3.37. The van der Waals surface area contributed by atoms with E-state index in [1.54, 1.807) is 6.08 Å². The molecule has 0 fully saturated rings. The number of amides is 1. The van der Waals surface area contributed by atoms with Gasteiger partial charge in [0.2, 0.25) is 11.0 Å². The molecule has 0 aliphatic carbocycles. The minimum Gasteiger partial charge on any atom is -0.357 e. The van der Waals surface area contributed by atoms with E-state index >= 15 is 0 Å². The Morgan fingerprint density at radius 1 is 1.36 bits per heavy atom. The molecule has 0 aliphatic rings. The lowest BCUT2D eigenvalue weighted by Crippen LogP contribution is -2.15. The summed E-state index contributed by atoms with van der Waals surface area (Å²) in [5.74, 6) is 0.266. The van der Waals surface area contributed by atoms with Crippen LogP contribution in [0.2, 0.25) is 0 Å². The van der Waals surface area contributed by atoms with Gasteiger partial charge in [-0.1, -0.05) is 47.4 Å². The monoisotopic (exact) mass is 334 g/mol. The van der Waals surface area contributed by atoms with Gasteiger partial charge in [0.15, 0.2) is 4.34 Å². The maximum atomic E-state index is 12.1. The van der Waals surface area contributed by atoms with Crippen LogP contribution < -0.4 is 10.6 Å². The van der Waals surface area contributed by atoms with E-state index in [0.717, 1.165) is 26.3 Å². The van der Waals surface area contributed by atoms with E-state index in [0.29, 0.717) is 12.3 Å². The van der Waals surface area contributed by atoms with Gasteiger partial charge < -0.3 is 10.6 Å². The van der Waals surface area contributed by atoms with Gasteiger partial charge in [-0.3, -0.25) is 4.79 Å². The SMILES string of the molecule is C=CCNc1nnc(SCC(=O)Nc2c(C)cccc2C)s1. The first kappa shape index (κ1) is 16.5. The Hall–Kier alpha value is -1.86. The minimum atomic E-state index is -0.0433. The van der Waals surface area contributed by atoms with E-state index in [9.17, 15) is 4.79 Å². The third-order valence-electron chi connectivity index (χ3n) is 2.88. The summed E-state index contributed by atoms with van der Waals surface area (Å²) >= 11 is 2.81. The summed E-state index contributed by atoms with van der Waals surface area (Å²) in [6.07, 6.45) is 1.76. The molecule has 1 aromatic carbocycles.